The van der Waals surface area contributed by atoms with Gasteiger partial charge in [0.2, 0.25) is 0 Å². The molecule has 6 heteroatoms. The van der Waals surface area contributed by atoms with Gasteiger partial charge in [0.1, 0.15) is 5.58 Å². The SMILES string of the molecule is Cc1c(C(=O)N(C)Cc2ccccc2[N+](=O)[O-])oc2c1ccc1ccccc12. The third kappa shape index (κ3) is 2.89. The van der Waals surface area contributed by atoms with Crippen LogP contribution in [0.3, 0.4) is 0 Å². The van der Waals surface area contributed by atoms with E-state index in [-0.39, 0.29) is 23.9 Å². The number of hydrogen-bond acceptors (Lipinski definition) is 4. The number of carbonyl (C=O) groups is 1. The Hall–Kier alpha value is -3.67. The molecule has 0 aliphatic heterocycles. The van der Waals surface area contributed by atoms with E-state index in [0.29, 0.717) is 11.1 Å². The summed E-state index contributed by atoms with van der Waals surface area (Å²) in [5.74, 6) is -0.0524. The van der Waals surface area contributed by atoms with Crippen molar-refractivity contribution in [1.82, 2.24) is 4.90 Å². The Labute approximate surface area is 161 Å². The number of carbonyl (C=O) groups excluding carboxylic acids is 1. The zero-order chi connectivity index (χ0) is 19.8. The second kappa shape index (κ2) is 6.81. The van der Waals surface area contributed by atoms with Gasteiger partial charge in [-0.25, -0.2) is 0 Å². The van der Waals surface area contributed by atoms with Crippen LogP contribution in [-0.2, 0) is 6.54 Å². The number of aryl methyl sites for hydroxylation is 1. The number of benzene rings is 3. The molecule has 0 atom stereocenters. The van der Waals surface area contributed by atoms with Crippen LogP contribution < -0.4 is 0 Å². The maximum absolute atomic E-state index is 13.0. The molecule has 3 aromatic carbocycles. The van der Waals surface area contributed by atoms with Crippen molar-refractivity contribution in [3.8, 4) is 0 Å². The van der Waals surface area contributed by atoms with Crippen molar-refractivity contribution in [2.24, 2.45) is 0 Å². The minimum Gasteiger partial charge on any atom is -0.450 e. The lowest BCUT2D eigenvalue weighted by Crippen LogP contribution is -2.26. The summed E-state index contributed by atoms with van der Waals surface area (Å²) in [6.07, 6.45) is 0. The summed E-state index contributed by atoms with van der Waals surface area (Å²) in [7, 11) is 1.61. The van der Waals surface area contributed by atoms with Gasteiger partial charge in [-0.15, -0.1) is 0 Å². The van der Waals surface area contributed by atoms with Gasteiger partial charge >= 0.3 is 0 Å². The number of nitrogens with zero attached hydrogens (tertiary/aromatic N) is 2. The van der Waals surface area contributed by atoms with Gasteiger partial charge in [-0.05, 0) is 12.3 Å². The van der Waals surface area contributed by atoms with Crippen molar-refractivity contribution in [3.63, 3.8) is 0 Å². The van der Waals surface area contributed by atoms with Gasteiger partial charge in [0.05, 0.1) is 11.5 Å². The first-order valence-corrected chi connectivity index (χ1v) is 8.86. The highest BCUT2D eigenvalue weighted by atomic mass is 16.6. The highest BCUT2D eigenvalue weighted by Crippen LogP contribution is 2.32. The van der Waals surface area contributed by atoms with Crippen LogP contribution in [0.25, 0.3) is 21.7 Å². The molecule has 1 aromatic heterocycles. The maximum atomic E-state index is 13.0. The van der Waals surface area contributed by atoms with E-state index in [9.17, 15) is 14.9 Å². The van der Waals surface area contributed by atoms with Crippen LogP contribution in [0, 0.1) is 17.0 Å². The predicted octanol–water partition coefficient (Wildman–Crippen LogP) is 5.07. The normalized spacial score (nSPS) is 11.1. The number of amides is 1. The predicted molar refractivity (Wildman–Crippen MR) is 107 cm³/mol. The average Bonchev–Trinajstić information content (AvgIpc) is 3.04. The molecule has 4 aromatic rings. The number of hydrogen-bond donors (Lipinski definition) is 0. The number of para-hydroxylation sites is 1. The fourth-order valence-corrected chi connectivity index (χ4v) is 3.48. The topological polar surface area (TPSA) is 76.6 Å². The average molecular weight is 374 g/mol. The lowest BCUT2D eigenvalue weighted by Gasteiger charge is -2.16. The molecular weight excluding hydrogens is 356 g/mol. The molecule has 1 heterocycles. The third-order valence-electron chi connectivity index (χ3n) is 4.97. The monoisotopic (exact) mass is 374 g/mol. The lowest BCUT2D eigenvalue weighted by molar-refractivity contribution is -0.385. The second-order valence-electron chi connectivity index (χ2n) is 6.77. The lowest BCUT2D eigenvalue weighted by atomic mass is 10.1. The van der Waals surface area contributed by atoms with Crippen LogP contribution in [0.15, 0.2) is 65.1 Å². The van der Waals surface area contributed by atoms with Crippen molar-refractivity contribution in [2.75, 3.05) is 7.05 Å². The van der Waals surface area contributed by atoms with Crippen molar-refractivity contribution >= 4 is 33.3 Å². The largest absolute Gasteiger partial charge is 0.450 e. The van der Waals surface area contributed by atoms with Crippen LogP contribution in [0.1, 0.15) is 21.7 Å². The minimum absolute atomic E-state index is 0.00512. The number of fused-ring (bicyclic) bond motifs is 3. The van der Waals surface area contributed by atoms with E-state index in [1.807, 2.05) is 43.3 Å². The van der Waals surface area contributed by atoms with E-state index in [1.165, 1.54) is 11.0 Å². The highest BCUT2D eigenvalue weighted by Gasteiger charge is 2.24. The molecule has 0 radical (unpaired) electrons. The molecule has 0 saturated heterocycles. The summed E-state index contributed by atoms with van der Waals surface area (Å²) in [5, 5.41) is 14.1. The van der Waals surface area contributed by atoms with Gasteiger partial charge in [-0.3, -0.25) is 14.9 Å². The van der Waals surface area contributed by atoms with Crippen LogP contribution in [0.4, 0.5) is 5.69 Å². The number of furan rings is 1. The molecule has 4 rings (SSSR count). The number of rotatable bonds is 4. The Kier molecular flexibility index (Phi) is 4.31. The fourth-order valence-electron chi connectivity index (χ4n) is 3.48. The molecule has 0 aliphatic carbocycles. The fraction of sp³-hybridized carbons (Fsp3) is 0.136. The van der Waals surface area contributed by atoms with E-state index >= 15 is 0 Å². The minimum atomic E-state index is -0.438. The Morgan fingerprint density at radius 1 is 1.04 bits per heavy atom. The summed E-state index contributed by atoms with van der Waals surface area (Å²) in [6.45, 7) is 1.97. The summed E-state index contributed by atoms with van der Waals surface area (Å²) in [4.78, 5) is 25.2. The zero-order valence-corrected chi connectivity index (χ0v) is 15.5. The Bertz CT molecular complexity index is 1230. The van der Waals surface area contributed by atoms with Gasteiger partial charge in [-0.2, -0.15) is 0 Å². The molecule has 0 bridgehead atoms. The number of nitro groups is 1. The zero-order valence-electron chi connectivity index (χ0n) is 15.5. The third-order valence-corrected chi connectivity index (χ3v) is 4.97. The first-order chi connectivity index (χ1) is 13.5. The van der Waals surface area contributed by atoms with E-state index in [2.05, 4.69) is 0 Å². The van der Waals surface area contributed by atoms with Crippen molar-refractivity contribution in [2.45, 2.75) is 13.5 Å². The quantitative estimate of drug-likeness (QED) is 0.369. The number of nitro benzene ring substituents is 1. The van der Waals surface area contributed by atoms with Crippen LogP contribution in [0.5, 0.6) is 0 Å². The summed E-state index contributed by atoms with van der Waals surface area (Å²) < 4.78 is 5.99. The smallest absolute Gasteiger partial charge is 0.289 e. The molecular formula is C22H18N2O4. The van der Waals surface area contributed by atoms with E-state index < -0.39 is 4.92 Å². The van der Waals surface area contributed by atoms with E-state index in [4.69, 9.17) is 4.42 Å². The van der Waals surface area contributed by atoms with Gasteiger partial charge in [0, 0.05) is 35.0 Å². The molecule has 0 aliphatic rings. The Balaban J connectivity index is 1.72. The summed E-state index contributed by atoms with van der Waals surface area (Å²) in [5.41, 5.74) is 1.91. The van der Waals surface area contributed by atoms with Gasteiger partial charge in [0.15, 0.2) is 5.76 Å². The van der Waals surface area contributed by atoms with Crippen molar-refractivity contribution in [1.29, 1.82) is 0 Å². The molecule has 28 heavy (non-hydrogen) atoms. The van der Waals surface area contributed by atoms with E-state index in [1.54, 1.807) is 25.2 Å². The summed E-state index contributed by atoms with van der Waals surface area (Å²) in [6, 6.07) is 18.2. The van der Waals surface area contributed by atoms with Gasteiger partial charge in [-0.1, -0.05) is 54.6 Å². The van der Waals surface area contributed by atoms with Crippen LogP contribution >= 0.6 is 0 Å². The van der Waals surface area contributed by atoms with Gasteiger partial charge < -0.3 is 9.32 Å². The molecule has 140 valence electrons. The molecule has 0 unspecified atom stereocenters. The summed E-state index contributed by atoms with van der Waals surface area (Å²) >= 11 is 0. The molecule has 0 spiro atoms. The van der Waals surface area contributed by atoms with Gasteiger partial charge in [0.25, 0.3) is 11.6 Å². The van der Waals surface area contributed by atoms with Crippen molar-refractivity contribution < 1.29 is 14.1 Å². The highest BCUT2D eigenvalue weighted by molar-refractivity contribution is 6.08. The first-order valence-electron chi connectivity index (χ1n) is 8.86. The maximum Gasteiger partial charge on any atom is 0.289 e. The molecule has 6 nitrogen and oxygen atoms in total. The van der Waals surface area contributed by atoms with E-state index in [0.717, 1.165) is 21.7 Å². The van der Waals surface area contributed by atoms with Crippen molar-refractivity contribution in [3.05, 3.63) is 87.7 Å². The molecule has 0 N–H and O–H groups in total. The van der Waals surface area contributed by atoms with Crippen LogP contribution in [-0.4, -0.2) is 22.8 Å². The second-order valence-corrected chi connectivity index (χ2v) is 6.77. The Morgan fingerprint density at radius 3 is 2.54 bits per heavy atom. The molecule has 0 fully saturated rings. The van der Waals surface area contributed by atoms with Crippen LogP contribution in [0.2, 0.25) is 0 Å². The standard InChI is InChI=1S/C22H18N2O4/c1-14-17-12-11-15-7-3-5-9-18(15)21(17)28-20(14)22(25)23(2)13-16-8-4-6-10-19(16)24(26)27/h3-12H,13H2,1-2H3. The first kappa shape index (κ1) is 17.7. The molecule has 0 saturated carbocycles. The molecule has 1 amide bonds. The Morgan fingerprint density at radius 2 is 1.75 bits per heavy atom.